The summed E-state index contributed by atoms with van der Waals surface area (Å²) in [5.41, 5.74) is 1.16. The van der Waals surface area contributed by atoms with Crippen molar-refractivity contribution in [2.24, 2.45) is 0 Å². The lowest BCUT2D eigenvalue weighted by Crippen LogP contribution is -2.25. The lowest BCUT2D eigenvalue weighted by Gasteiger charge is -2.15. The van der Waals surface area contributed by atoms with Gasteiger partial charge in [-0.1, -0.05) is 18.2 Å². The molecule has 0 fully saturated rings. The van der Waals surface area contributed by atoms with Gasteiger partial charge in [0.25, 0.3) is 0 Å². The Morgan fingerprint density at radius 1 is 1.39 bits per heavy atom. The zero-order valence-corrected chi connectivity index (χ0v) is 10.9. The van der Waals surface area contributed by atoms with E-state index >= 15 is 0 Å². The Kier molecular flexibility index (Phi) is 4.65. The maximum absolute atomic E-state index is 5.79. The standard InChI is InChI=1S/C15H21NO2/c1-3-6-12(2)16-11-13-7-4-8-14-15(13)18-10-5-9-17-14/h3-4,7-8,12,16H,1,5-6,9-11H2,2H3. The van der Waals surface area contributed by atoms with Crippen LogP contribution in [0.2, 0.25) is 0 Å². The van der Waals surface area contributed by atoms with E-state index in [9.17, 15) is 0 Å². The van der Waals surface area contributed by atoms with Crippen molar-refractivity contribution in [3.8, 4) is 11.5 Å². The van der Waals surface area contributed by atoms with Crippen LogP contribution in [0.1, 0.15) is 25.3 Å². The molecule has 0 spiro atoms. The monoisotopic (exact) mass is 247 g/mol. The first-order valence-electron chi connectivity index (χ1n) is 6.53. The van der Waals surface area contributed by atoms with E-state index in [-0.39, 0.29) is 0 Å². The number of hydrogen-bond acceptors (Lipinski definition) is 3. The first kappa shape index (κ1) is 13.0. The lowest BCUT2D eigenvalue weighted by atomic mass is 10.1. The van der Waals surface area contributed by atoms with Gasteiger partial charge in [0.1, 0.15) is 0 Å². The van der Waals surface area contributed by atoms with E-state index in [0.29, 0.717) is 6.04 Å². The molecule has 0 radical (unpaired) electrons. The molecule has 1 aromatic carbocycles. The Labute approximate surface area is 109 Å². The molecule has 2 rings (SSSR count). The molecule has 1 atom stereocenters. The van der Waals surface area contributed by atoms with E-state index in [0.717, 1.165) is 49.7 Å². The molecule has 0 aromatic heterocycles. The number of hydrogen-bond donors (Lipinski definition) is 1. The normalized spacial score (nSPS) is 15.8. The second-order valence-corrected chi connectivity index (χ2v) is 4.60. The summed E-state index contributed by atoms with van der Waals surface area (Å²) in [7, 11) is 0. The summed E-state index contributed by atoms with van der Waals surface area (Å²) < 4.78 is 11.5. The van der Waals surface area contributed by atoms with Crippen molar-refractivity contribution < 1.29 is 9.47 Å². The van der Waals surface area contributed by atoms with Crippen LogP contribution >= 0.6 is 0 Å². The van der Waals surface area contributed by atoms with Crippen LogP contribution < -0.4 is 14.8 Å². The van der Waals surface area contributed by atoms with E-state index in [4.69, 9.17) is 9.47 Å². The average Bonchev–Trinajstić information content (AvgIpc) is 2.62. The molecule has 1 aromatic rings. The molecule has 1 N–H and O–H groups in total. The molecule has 1 unspecified atom stereocenters. The van der Waals surface area contributed by atoms with Gasteiger partial charge in [-0.3, -0.25) is 0 Å². The largest absolute Gasteiger partial charge is 0.490 e. The van der Waals surface area contributed by atoms with Gasteiger partial charge in [-0.25, -0.2) is 0 Å². The van der Waals surface area contributed by atoms with Crippen molar-refractivity contribution in [1.29, 1.82) is 0 Å². The molecule has 0 saturated carbocycles. The van der Waals surface area contributed by atoms with Gasteiger partial charge in [-0.2, -0.15) is 0 Å². The molecule has 0 saturated heterocycles. The highest BCUT2D eigenvalue weighted by Crippen LogP contribution is 2.33. The zero-order chi connectivity index (χ0) is 12.8. The van der Waals surface area contributed by atoms with E-state index < -0.39 is 0 Å². The molecule has 1 aliphatic rings. The highest BCUT2D eigenvalue weighted by Gasteiger charge is 2.14. The minimum Gasteiger partial charge on any atom is -0.490 e. The van der Waals surface area contributed by atoms with Crippen molar-refractivity contribution >= 4 is 0 Å². The fourth-order valence-electron chi connectivity index (χ4n) is 2.01. The third-order valence-corrected chi connectivity index (χ3v) is 3.01. The Morgan fingerprint density at radius 3 is 3.06 bits per heavy atom. The molecular formula is C15H21NO2. The maximum atomic E-state index is 5.79. The van der Waals surface area contributed by atoms with Crippen LogP contribution in [0, 0.1) is 0 Å². The molecule has 1 aliphatic heterocycles. The third kappa shape index (κ3) is 3.26. The van der Waals surface area contributed by atoms with Crippen LogP contribution in [0.3, 0.4) is 0 Å². The number of para-hydroxylation sites is 1. The van der Waals surface area contributed by atoms with Gasteiger partial charge >= 0.3 is 0 Å². The van der Waals surface area contributed by atoms with E-state index in [1.54, 1.807) is 0 Å². The lowest BCUT2D eigenvalue weighted by molar-refractivity contribution is 0.295. The molecule has 0 aliphatic carbocycles. The average molecular weight is 247 g/mol. The van der Waals surface area contributed by atoms with E-state index in [1.807, 2.05) is 18.2 Å². The summed E-state index contributed by atoms with van der Waals surface area (Å²) in [6.07, 6.45) is 3.84. The minimum atomic E-state index is 0.421. The van der Waals surface area contributed by atoms with Crippen LogP contribution in [0.25, 0.3) is 0 Å². The maximum Gasteiger partial charge on any atom is 0.165 e. The van der Waals surface area contributed by atoms with Crippen LogP contribution in [0.4, 0.5) is 0 Å². The molecule has 0 amide bonds. The summed E-state index contributed by atoms with van der Waals surface area (Å²) in [5, 5.41) is 3.46. The van der Waals surface area contributed by atoms with Gasteiger partial charge in [0.05, 0.1) is 13.2 Å². The number of nitrogens with one attached hydrogen (secondary N) is 1. The first-order valence-corrected chi connectivity index (χ1v) is 6.53. The second kappa shape index (κ2) is 6.45. The molecular weight excluding hydrogens is 226 g/mol. The van der Waals surface area contributed by atoms with Crippen LogP contribution in [0.15, 0.2) is 30.9 Å². The van der Waals surface area contributed by atoms with Gasteiger partial charge in [-0.05, 0) is 19.4 Å². The third-order valence-electron chi connectivity index (χ3n) is 3.01. The molecule has 1 heterocycles. The fraction of sp³-hybridized carbons (Fsp3) is 0.467. The van der Waals surface area contributed by atoms with Gasteiger partial charge in [0.2, 0.25) is 0 Å². The molecule has 3 heteroatoms. The predicted octanol–water partition coefficient (Wildman–Crippen LogP) is 2.90. The Bertz CT molecular complexity index is 403. The summed E-state index contributed by atoms with van der Waals surface area (Å²) in [4.78, 5) is 0. The van der Waals surface area contributed by atoms with Gasteiger partial charge in [-0.15, -0.1) is 6.58 Å². The van der Waals surface area contributed by atoms with Crippen LogP contribution in [-0.4, -0.2) is 19.3 Å². The summed E-state index contributed by atoms with van der Waals surface area (Å²) in [5.74, 6) is 1.76. The quantitative estimate of drug-likeness (QED) is 0.812. The number of ether oxygens (including phenoxy) is 2. The second-order valence-electron chi connectivity index (χ2n) is 4.60. The number of fused-ring (bicyclic) bond motifs is 1. The highest BCUT2D eigenvalue weighted by molar-refractivity contribution is 5.47. The van der Waals surface area contributed by atoms with Crippen molar-refractivity contribution in [2.75, 3.05) is 13.2 Å². The van der Waals surface area contributed by atoms with Gasteiger partial charge in [0, 0.05) is 24.6 Å². The molecule has 0 bridgehead atoms. The summed E-state index contributed by atoms with van der Waals surface area (Å²) >= 11 is 0. The smallest absolute Gasteiger partial charge is 0.165 e. The van der Waals surface area contributed by atoms with E-state index in [2.05, 4.69) is 24.9 Å². The van der Waals surface area contributed by atoms with Gasteiger partial charge in [0.15, 0.2) is 11.5 Å². The van der Waals surface area contributed by atoms with Crippen LogP contribution in [0.5, 0.6) is 11.5 Å². The molecule has 3 nitrogen and oxygen atoms in total. The highest BCUT2D eigenvalue weighted by atomic mass is 16.5. The van der Waals surface area contributed by atoms with Crippen molar-refractivity contribution in [2.45, 2.75) is 32.4 Å². The minimum absolute atomic E-state index is 0.421. The fourth-order valence-corrected chi connectivity index (χ4v) is 2.01. The molecule has 18 heavy (non-hydrogen) atoms. The van der Waals surface area contributed by atoms with Crippen molar-refractivity contribution in [1.82, 2.24) is 5.32 Å². The van der Waals surface area contributed by atoms with Crippen molar-refractivity contribution in [3.63, 3.8) is 0 Å². The zero-order valence-electron chi connectivity index (χ0n) is 10.9. The van der Waals surface area contributed by atoms with Gasteiger partial charge < -0.3 is 14.8 Å². The van der Waals surface area contributed by atoms with E-state index in [1.165, 1.54) is 0 Å². The Balaban J connectivity index is 2.06. The summed E-state index contributed by atoms with van der Waals surface area (Å²) in [6, 6.07) is 6.49. The number of benzene rings is 1. The Morgan fingerprint density at radius 2 is 2.22 bits per heavy atom. The first-order chi connectivity index (χ1) is 8.81. The summed E-state index contributed by atoms with van der Waals surface area (Å²) in [6.45, 7) is 8.16. The molecule has 98 valence electrons. The van der Waals surface area contributed by atoms with Crippen LogP contribution in [-0.2, 0) is 6.54 Å². The predicted molar refractivity (Wildman–Crippen MR) is 73.2 cm³/mol. The topological polar surface area (TPSA) is 30.5 Å². The Hall–Kier alpha value is -1.48. The van der Waals surface area contributed by atoms with Crippen molar-refractivity contribution in [3.05, 3.63) is 36.4 Å². The number of rotatable bonds is 5. The SMILES string of the molecule is C=CCC(C)NCc1cccc2c1OCCCO2.